The molecule has 0 saturated heterocycles. The van der Waals surface area contributed by atoms with Crippen molar-refractivity contribution in [3.63, 3.8) is 0 Å². The molecule has 1 amide bonds. The molecule has 4 nitrogen and oxygen atoms in total. The number of hydrogen-bond donors (Lipinski definition) is 2. The Bertz CT molecular complexity index is 413. The largest absolute Gasteiger partial charge is 0.381 e. The first-order chi connectivity index (χ1) is 9.79. The van der Waals surface area contributed by atoms with Gasteiger partial charge in [-0.05, 0) is 49.4 Å². The predicted octanol–water partition coefficient (Wildman–Crippen LogP) is 1.95. The number of carbonyl (C=O) groups excluding carboxylic acids is 1. The smallest absolute Gasteiger partial charge is 0.251 e. The van der Waals surface area contributed by atoms with E-state index >= 15 is 0 Å². The molecule has 2 N–H and O–H groups in total. The molecule has 0 spiro atoms. The number of nitrogens with one attached hydrogen (secondary N) is 2. The second-order valence-electron chi connectivity index (χ2n) is 5.32. The number of hydrogen-bond acceptors (Lipinski definition) is 3. The summed E-state index contributed by atoms with van der Waals surface area (Å²) < 4.78 is 5.58. The second-order valence-corrected chi connectivity index (χ2v) is 5.32. The first-order valence-electron chi connectivity index (χ1n) is 7.39. The Morgan fingerprint density at radius 1 is 1.30 bits per heavy atom. The van der Waals surface area contributed by atoms with Crippen molar-refractivity contribution in [2.24, 2.45) is 5.92 Å². The van der Waals surface area contributed by atoms with Crippen molar-refractivity contribution < 1.29 is 9.53 Å². The zero-order valence-electron chi connectivity index (χ0n) is 12.2. The van der Waals surface area contributed by atoms with E-state index in [0.29, 0.717) is 5.56 Å². The van der Waals surface area contributed by atoms with Gasteiger partial charge in [-0.15, -0.1) is 0 Å². The van der Waals surface area contributed by atoms with Crippen molar-refractivity contribution in [1.82, 2.24) is 10.6 Å². The van der Waals surface area contributed by atoms with E-state index in [9.17, 15) is 4.79 Å². The fourth-order valence-corrected chi connectivity index (χ4v) is 1.98. The Morgan fingerprint density at radius 3 is 2.70 bits per heavy atom. The third kappa shape index (κ3) is 5.31. The molecule has 0 aromatic heterocycles. The lowest BCUT2D eigenvalue weighted by molar-refractivity contribution is 0.0963. The van der Waals surface area contributed by atoms with Crippen LogP contribution in [-0.4, -0.2) is 32.7 Å². The average Bonchev–Trinajstić information content (AvgIpc) is 3.30. The molecule has 20 heavy (non-hydrogen) atoms. The lowest BCUT2D eigenvalue weighted by atomic mass is 10.1. The molecule has 1 fully saturated rings. The van der Waals surface area contributed by atoms with Gasteiger partial charge in [-0.3, -0.25) is 4.79 Å². The van der Waals surface area contributed by atoms with Crippen LogP contribution in [0, 0.1) is 5.92 Å². The molecule has 0 bridgehead atoms. The Hall–Kier alpha value is -1.39. The van der Waals surface area contributed by atoms with Gasteiger partial charge in [0, 0.05) is 32.4 Å². The minimum Gasteiger partial charge on any atom is -0.381 e. The maximum Gasteiger partial charge on any atom is 0.251 e. The number of rotatable bonds is 9. The SMILES string of the molecule is CNC(=O)c1ccc(CNCCCOCC2CC2)cc1. The van der Waals surface area contributed by atoms with Gasteiger partial charge in [0.05, 0.1) is 0 Å². The van der Waals surface area contributed by atoms with E-state index in [4.69, 9.17) is 4.74 Å². The molecule has 0 atom stereocenters. The second kappa shape index (κ2) is 8.02. The molecule has 0 heterocycles. The van der Waals surface area contributed by atoms with Crippen LogP contribution in [0.4, 0.5) is 0 Å². The first kappa shape index (κ1) is 15.0. The number of carbonyl (C=O) groups is 1. The van der Waals surface area contributed by atoms with E-state index in [0.717, 1.165) is 38.6 Å². The fraction of sp³-hybridized carbons (Fsp3) is 0.562. The highest BCUT2D eigenvalue weighted by atomic mass is 16.5. The molecule has 1 aromatic rings. The first-order valence-corrected chi connectivity index (χ1v) is 7.39. The van der Waals surface area contributed by atoms with E-state index in [1.807, 2.05) is 24.3 Å². The van der Waals surface area contributed by atoms with Gasteiger partial charge in [0.25, 0.3) is 5.91 Å². The summed E-state index contributed by atoms with van der Waals surface area (Å²) in [5.74, 6) is 0.805. The van der Waals surface area contributed by atoms with Crippen LogP contribution in [-0.2, 0) is 11.3 Å². The monoisotopic (exact) mass is 276 g/mol. The van der Waals surface area contributed by atoms with Gasteiger partial charge in [-0.25, -0.2) is 0 Å². The zero-order valence-corrected chi connectivity index (χ0v) is 12.2. The summed E-state index contributed by atoms with van der Waals surface area (Å²) in [7, 11) is 1.64. The van der Waals surface area contributed by atoms with Crippen molar-refractivity contribution in [2.75, 3.05) is 26.8 Å². The normalized spacial score (nSPS) is 14.2. The molecule has 110 valence electrons. The lowest BCUT2D eigenvalue weighted by Crippen LogP contribution is -2.18. The van der Waals surface area contributed by atoms with Gasteiger partial charge >= 0.3 is 0 Å². The zero-order chi connectivity index (χ0) is 14.2. The van der Waals surface area contributed by atoms with Crippen LogP contribution >= 0.6 is 0 Å². The molecule has 1 aliphatic rings. The van der Waals surface area contributed by atoms with Crippen LogP contribution in [0.15, 0.2) is 24.3 Å². The quantitative estimate of drug-likeness (QED) is 0.678. The van der Waals surface area contributed by atoms with E-state index in [1.54, 1.807) is 7.05 Å². The Morgan fingerprint density at radius 2 is 2.05 bits per heavy atom. The Kier molecular flexibility index (Phi) is 6.02. The molecule has 2 rings (SSSR count). The minimum absolute atomic E-state index is 0.0441. The molecule has 1 saturated carbocycles. The summed E-state index contributed by atoms with van der Waals surface area (Å²) >= 11 is 0. The van der Waals surface area contributed by atoms with E-state index < -0.39 is 0 Å². The molecule has 4 heteroatoms. The third-order valence-corrected chi connectivity index (χ3v) is 3.47. The molecular formula is C16H24N2O2. The van der Waals surface area contributed by atoms with Crippen LogP contribution in [0.3, 0.4) is 0 Å². The van der Waals surface area contributed by atoms with Gasteiger partial charge in [-0.2, -0.15) is 0 Å². The molecule has 0 radical (unpaired) electrons. The summed E-state index contributed by atoms with van der Waals surface area (Å²) in [6, 6.07) is 7.69. The highest BCUT2D eigenvalue weighted by Gasteiger charge is 2.20. The van der Waals surface area contributed by atoms with Crippen molar-refractivity contribution in [3.8, 4) is 0 Å². The lowest BCUT2D eigenvalue weighted by Gasteiger charge is -2.06. The van der Waals surface area contributed by atoms with Gasteiger partial charge in [0.1, 0.15) is 0 Å². The van der Waals surface area contributed by atoms with E-state index in [2.05, 4.69) is 10.6 Å². The van der Waals surface area contributed by atoms with Crippen molar-refractivity contribution in [1.29, 1.82) is 0 Å². The number of ether oxygens (including phenoxy) is 1. The van der Waals surface area contributed by atoms with Crippen LogP contribution in [0.2, 0.25) is 0 Å². The summed E-state index contributed by atoms with van der Waals surface area (Å²) in [5.41, 5.74) is 1.89. The summed E-state index contributed by atoms with van der Waals surface area (Å²) in [6.45, 7) is 3.58. The molecule has 0 aliphatic heterocycles. The standard InChI is InChI=1S/C16H24N2O2/c1-17-16(19)15-7-5-13(6-8-15)11-18-9-2-10-20-12-14-3-4-14/h5-8,14,18H,2-4,9-12H2,1H3,(H,17,19). The van der Waals surface area contributed by atoms with Gasteiger partial charge < -0.3 is 15.4 Å². The number of amides is 1. The van der Waals surface area contributed by atoms with Crippen LogP contribution in [0.1, 0.15) is 35.2 Å². The predicted molar refractivity (Wildman–Crippen MR) is 79.7 cm³/mol. The fourth-order valence-electron chi connectivity index (χ4n) is 1.98. The molecule has 0 unspecified atom stereocenters. The van der Waals surface area contributed by atoms with Crippen molar-refractivity contribution >= 4 is 5.91 Å². The highest BCUT2D eigenvalue weighted by molar-refractivity contribution is 5.93. The van der Waals surface area contributed by atoms with Gasteiger partial charge in [-0.1, -0.05) is 12.1 Å². The maximum atomic E-state index is 11.4. The average molecular weight is 276 g/mol. The molecule has 1 aromatic carbocycles. The van der Waals surface area contributed by atoms with Crippen LogP contribution < -0.4 is 10.6 Å². The van der Waals surface area contributed by atoms with Gasteiger partial charge in [0.2, 0.25) is 0 Å². The van der Waals surface area contributed by atoms with Gasteiger partial charge in [0.15, 0.2) is 0 Å². The van der Waals surface area contributed by atoms with E-state index in [1.165, 1.54) is 18.4 Å². The minimum atomic E-state index is -0.0441. The third-order valence-electron chi connectivity index (χ3n) is 3.47. The Labute approximate surface area is 120 Å². The molecular weight excluding hydrogens is 252 g/mol. The topological polar surface area (TPSA) is 50.4 Å². The van der Waals surface area contributed by atoms with E-state index in [-0.39, 0.29) is 5.91 Å². The van der Waals surface area contributed by atoms with Crippen molar-refractivity contribution in [2.45, 2.75) is 25.8 Å². The van der Waals surface area contributed by atoms with Crippen molar-refractivity contribution in [3.05, 3.63) is 35.4 Å². The highest BCUT2D eigenvalue weighted by Crippen LogP contribution is 2.28. The Balaban J connectivity index is 1.55. The molecule has 1 aliphatic carbocycles. The van der Waals surface area contributed by atoms with Crippen LogP contribution in [0.5, 0.6) is 0 Å². The number of benzene rings is 1. The summed E-state index contributed by atoms with van der Waals surface area (Å²) in [4.78, 5) is 11.4. The van der Waals surface area contributed by atoms with Crippen LogP contribution in [0.25, 0.3) is 0 Å². The summed E-state index contributed by atoms with van der Waals surface area (Å²) in [6.07, 6.45) is 3.75. The summed E-state index contributed by atoms with van der Waals surface area (Å²) in [5, 5.41) is 6.00. The maximum absolute atomic E-state index is 11.4.